The van der Waals surface area contributed by atoms with Crippen molar-refractivity contribution in [3.8, 4) is 17.0 Å². The molecule has 4 rings (SSSR count). The number of fused-ring (bicyclic) bond motifs is 1. The monoisotopic (exact) mass is 452 g/mol. The number of ether oxygens (including phenoxy) is 1. The third-order valence-corrected chi connectivity index (χ3v) is 5.82. The van der Waals surface area contributed by atoms with Gasteiger partial charge < -0.3 is 9.64 Å². The smallest absolute Gasteiger partial charge is 0.433 e. The van der Waals surface area contributed by atoms with Crippen LogP contribution in [0.2, 0.25) is 5.02 Å². The van der Waals surface area contributed by atoms with Crippen molar-refractivity contribution in [1.29, 1.82) is 0 Å². The summed E-state index contributed by atoms with van der Waals surface area (Å²) in [4.78, 5) is 18.9. The van der Waals surface area contributed by atoms with E-state index in [9.17, 15) is 18.0 Å². The highest BCUT2D eigenvalue weighted by molar-refractivity contribution is 6.36. The second-order valence-corrected chi connectivity index (χ2v) is 7.87. The quantitative estimate of drug-likeness (QED) is 0.555. The lowest BCUT2D eigenvalue weighted by atomic mass is 10.0. The van der Waals surface area contributed by atoms with Gasteiger partial charge >= 0.3 is 6.18 Å². The molecule has 1 amide bonds. The Hall–Kier alpha value is -2.81. The Morgan fingerprint density at radius 2 is 1.94 bits per heavy atom. The Bertz CT molecular complexity index is 1130. The molecule has 2 aromatic heterocycles. The highest BCUT2D eigenvalue weighted by Gasteiger charge is 2.37. The summed E-state index contributed by atoms with van der Waals surface area (Å²) in [6.45, 7) is 2.42. The zero-order valence-corrected chi connectivity index (χ0v) is 17.7. The van der Waals surface area contributed by atoms with Gasteiger partial charge in [-0.05, 0) is 56.5 Å². The Morgan fingerprint density at radius 3 is 2.55 bits per heavy atom. The summed E-state index contributed by atoms with van der Waals surface area (Å²) >= 11 is 6.37. The van der Waals surface area contributed by atoms with Crippen molar-refractivity contribution in [3.05, 3.63) is 46.7 Å². The van der Waals surface area contributed by atoms with E-state index in [4.69, 9.17) is 16.3 Å². The van der Waals surface area contributed by atoms with Gasteiger partial charge in [0.2, 0.25) is 0 Å². The molecular formula is C21H20ClF3N4O2. The minimum atomic E-state index is -4.73. The number of carbonyl (C=O) groups excluding carboxylic acids is 1. The Kier molecular flexibility index (Phi) is 5.55. The topological polar surface area (TPSA) is 59.7 Å². The van der Waals surface area contributed by atoms with Crippen LogP contribution in [-0.2, 0) is 6.18 Å². The Morgan fingerprint density at radius 1 is 1.23 bits per heavy atom. The van der Waals surface area contributed by atoms with E-state index in [1.165, 1.54) is 7.11 Å². The maximum Gasteiger partial charge on any atom is 0.433 e. The second-order valence-electron chi connectivity index (χ2n) is 7.49. The molecule has 164 valence electrons. The van der Waals surface area contributed by atoms with E-state index < -0.39 is 17.8 Å². The molecule has 6 nitrogen and oxygen atoms in total. The number of hydrogen-bond acceptors (Lipinski definition) is 4. The van der Waals surface area contributed by atoms with E-state index in [1.54, 1.807) is 29.2 Å². The van der Waals surface area contributed by atoms with Gasteiger partial charge in [0.25, 0.3) is 5.91 Å². The number of piperidine rings is 1. The third-order valence-electron chi connectivity index (χ3n) is 5.48. The number of methoxy groups -OCH3 is 1. The summed E-state index contributed by atoms with van der Waals surface area (Å²) in [5, 5.41) is 3.75. The molecule has 0 radical (unpaired) electrons. The molecule has 0 aliphatic carbocycles. The molecule has 0 unspecified atom stereocenters. The Labute approximate surface area is 181 Å². The number of amides is 1. The van der Waals surface area contributed by atoms with Gasteiger partial charge in [-0.25, -0.2) is 9.50 Å². The molecule has 1 saturated heterocycles. The van der Waals surface area contributed by atoms with Crippen molar-refractivity contribution >= 4 is 23.2 Å². The van der Waals surface area contributed by atoms with Crippen LogP contribution >= 0.6 is 11.6 Å². The molecule has 0 N–H and O–H groups in total. The summed E-state index contributed by atoms with van der Waals surface area (Å²) in [5.41, 5.74) is -0.982. The van der Waals surface area contributed by atoms with Crippen LogP contribution in [0.1, 0.15) is 42.4 Å². The standard InChI is InChI=1S/C21H20ClF3N4O2/c1-12-5-3-4-10-28(12)20(30)18-17(22)19-26-15(13-6-8-14(31-2)9-7-13)11-16(21(23,24)25)29(19)27-18/h6-9,11-12H,3-5,10H2,1-2H3/t12-/m0/s1. The highest BCUT2D eigenvalue weighted by Crippen LogP contribution is 2.35. The van der Waals surface area contributed by atoms with Crippen LogP contribution in [0.4, 0.5) is 13.2 Å². The molecular weight excluding hydrogens is 433 g/mol. The minimum absolute atomic E-state index is 0.0352. The van der Waals surface area contributed by atoms with Gasteiger partial charge in [0, 0.05) is 18.2 Å². The molecule has 3 aromatic rings. The van der Waals surface area contributed by atoms with Gasteiger partial charge in [-0.15, -0.1) is 0 Å². The van der Waals surface area contributed by atoms with Crippen molar-refractivity contribution in [3.63, 3.8) is 0 Å². The molecule has 0 bridgehead atoms. The first-order valence-corrected chi connectivity index (χ1v) is 10.2. The number of carbonyl (C=O) groups is 1. The van der Waals surface area contributed by atoms with Gasteiger partial charge in [-0.2, -0.15) is 18.3 Å². The van der Waals surface area contributed by atoms with E-state index in [-0.39, 0.29) is 28.1 Å². The van der Waals surface area contributed by atoms with Gasteiger partial charge in [0.1, 0.15) is 10.8 Å². The first-order valence-electron chi connectivity index (χ1n) is 9.82. The highest BCUT2D eigenvalue weighted by atomic mass is 35.5. The van der Waals surface area contributed by atoms with E-state index in [2.05, 4.69) is 10.1 Å². The van der Waals surface area contributed by atoms with Crippen LogP contribution in [0, 0.1) is 0 Å². The number of hydrogen-bond donors (Lipinski definition) is 0. The predicted molar refractivity (Wildman–Crippen MR) is 109 cm³/mol. The van der Waals surface area contributed by atoms with E-state index in [0.717, 1.165) is 25.3 Å². The lowest BCUT2D eigenvalue weighted by Crippen LogP contribution is -2.42. The SMILES string of the molecule is COc1ccc(-c2cc(C(F)(F)F)n3nc(C(=O)N4CCCC[C@@H]4C)c(Cl)c3n2)cc1. The van der Waals surface area contributed by atoms with Crippen molar-refractivity contribution in [2.75, 3.05) is 13.7 Å². The average Bonchev–Trinajstić information content (AvgIpc) is 3.09. The van der Waals surface area contributed by atoms with Crippen molar-refractivity contribution < 1.29 is 22.7 Å². The van der Waals surface area contributed by atoms with Gasteiger partial charge in [0.05, 0.1) is 12.8 Å². The normalized spacial score (nSPS) is 17.2. The molecule has 1 atom stereocenters. The molecule has 1 aliphatic rings. The first-order chi connectivity index (χ1) is 14.7. The average molecular weight is 453 g/mol. The minimum Gasteiger partial charge on any atom is -0.497 e. The van der Waals surface area contributed by atoms with Crippen molar-refractivity contribution in [2.45, 2.75) is 38.4 Å². The fraction of sp³-hybridized carbons (Fsp3) is 0.381. The number of aromatic nitrogens is 3. The van der Waals surface area contributed by atoms with Crippen LogP contribution in [0.25, 0.3) is 16.9 Å². The molecule has 1 aliphatic heterocycles. The molecule has 1 aromatic carbocycles. The fourth-order valence-electron chi connectivity index (χ4n) is 3.78. The first kappa shape index (κ1) is 21.4. The summed E-state index contributed by atoms with van der Waals surface area (Å²) < 4.78 is 47.2. The van der Waals surface area contributed by atoms with Gasteiger partial charge in [-0.1, -0.05) is 11.6 Å². The van der Waals surface area contributed by atoms with Crippen LogP contribution < -0.4 is 4.74 Å². The van der Waals surface area contributed by atoms with Crippen LogP contribution in [-0.4, -0.2) is 45.1 Å². The maximum atomic E-state index is 13.8. The molecule has 3 heterocycles. The van der Waals surface area contributed by atoms with Gasteiger partial charge in [-0.3, -0.25) is 4.79 Å². The number of halogens is 4. The van der Waals surface area contributed by atoms with Crippen LogP contribution in [0.5, 0.6) is 5.75 Å². The molecule has 0 saturated carbocycles. The summed E-state index contributed by atoms with van der Waals surface area (Å²) in [6, 6.07) is 7.31. The number of alkyl halides is 3. The summed E-state index contributed by atoms with van der Waals surface area (Å²) in [7, 11) is 1.49. The fourth-order valence-corrected chi connectivity index (χ4v) is 4.02. The number of benzene rings is 1. The largest absolute Gasteiger partial charge is 0.497 e. The lowest BCUT2D eigenvalue weighted by Gasteiger charge is -2.32. The van der Waals surface area contributed by atoms with E-state index in [0.29, 0.717) is 22.4 Å². The third kappa shape index (κ3) is 3.94. The second kappa shape index (κ2) is 8.03. The molecule has 0 spiro atoms. The number of likely N-dealkylation sites (tertiary alicyclic amines) is 1. The lowest BCUT2D eigenvalue weighted by molar-refractivity contribution is -0.142. The van der Waals surface area contributed by atoms with E-state index >= 15 is 0 Å². The van der Waals surface area contributed by atoms with Crippen LogP contribution in [0.3, 0.4) is 0 Å². The molecule has 31 heavy (non-hydrogen) atoms. The van der Waals surface area contributed by atoms with Crippen molar-refractivity contribution in [1.82, 2.24) is 19.5 Å². The predicted octanol–water partition coefficient (Wildman–Crippen LogP) is 5.09. The molecule has 10 heteroatoms. The Balaban J connectivity index is 1.86. The zero-order chi connectivity index (χ0) is 22.3. The number of nitrogens with zero attached hydrogens (tertiary/aromatic N) is 4. The summed E-state index contributed by atoms with van der Waals surface area (Å²) in [6.07, 6.45) is -2.08. The van der Waals surface area contributed by atoms with Crippen molar-refractivity contribution in [2.24, 2.45) is 0 Å². The van der Waals surface area contributed by atoms with Gasteiger partial charge in [0.15, 0.2) is 17.0 Å². The zero-order valence-electron chi connectivity index (χ0n) is 16.9. The van der Waals surface area contributed by atoms with E-state index in [1.807, 2.05) is 6.92 Å². The number of rotatable bonds is 3. The maximum absolute atomic E-state index is 13.8. The van der Waals surface area contributed by atoms with Crippen LogP contribution in [0.15, 0.2) is 30.3 Å². The molecule has 1 fully saturated rings. The summed E-state index contributed by atoms with van der Waals surface area (Å²) in [5.74, 6) is 0.0774.